The largest absolute Gasteiger partial charge is 0.340 e. The first-order valence-corrected chi connectivity index (χ1v) is 12.3. The van der Waals surface area contributed by atoms with E-state index in [9.17, 15) is 14.0 Å². The molecule has 6 heteroatoms. The minimum Gasteiger partial charge on any atom is -0.340 e. The monoisotopic (exact) mass is 439 g/mol. The van der Waals surface area contributed by atoms with Gasteiger partial charge in [0, 0.05) is 57.3 Å². The molecule has 1 aromatic rings. The molecule has 2 amide bonds. The van der Waals surface area contributed by atoms with Crippen molar-refractivity contribution in [1.29, 1.82) is 0 Å². The minimum atomic E-state index is -0.196. The number of carbonyl (C=O) groups is 2. The van der Waals surface area contributed by atoms with Crippen molar-refractivity contribution in [3.8, 4) is 0 Å². The first-order valence-electron chi connectivity index (χ1n) is 12.3. The second-order valence-electron chi connectivity index (χ2n) is 10.1. The van der Waals surface area contributed by atoms with Crippen molar-refractivity contribution in [2.24, 2.45) is 11.3 Å². The van der Waals surface area contributed by atoms with Gasteiger partial charge >= 0.3 is 0 Å². The topological polar surface area (TPSA) is 43.9 Å². The molecular weight excluding hydrogens is 405 g/mol. The Morgan fingerprint density at radius 2 is 1.78 bits per heavy atom. The summed E-state index contributed by atoms with van der Waals surface area (Å²) >= 11 is 0. The van der Waals surface area contributed by atoms with Crippen molar-refractivity contribution in [3.63, 3.8) is 0 Å². The van der Waals surface area contributed by atoms with E-state index in [-0.39, 0.29) is 23.1 Å². The van der Waals surface area contributed by atoms with Gasteiger partial charge in [0.1, 0.15) is 5.82 Å². The number of piperidine rings is 1. The Labute approximate surface area is 190 Å². The Bertz CT molecular complexity index is 898. The summed E-state index contributed by atoms with van der Waals surface area (Å²) in [6.45, 7) is 5.48. The van der Waals surface area contributed by atoms with Gasteiger partial charge in [-0.2, -0.15) is 0 Å². The molecule has 1 aromatic carbocycles. The minimum absolute atomic E-state index is 0.132. The summed E-state index contributed by atoms with van der Waals surface area (Å²) < 4.78 is 13.4. The maximum absolute atomic E-state index is 13.4. The van der Waals surface area contributed by atoms with Crippen molar-refractivity contribution < 1.29 is 14.0 Å². The predicted molar refractivity (Wildman–Crippen MR) is 121 cm³/mol. The second-order valence-corrected chi connectivity index (χ2v) is 10.1. The molecule has 0 radical (unpaired) electrons. The van der Waals surface area contributed by atoms with Crippen LogP contribution in [-0.4, -0.2) is 65.8 Å². The maximum Gasteiger partial charge on any atom is 0.249 e. The summed E-state index contributed by atoms with van der Waals surface area (Å²) in [6.07, 6.45) is 9.32. The van der Waals surface area contributed by atoms with Crippen LogP contribution in [0.3, 0.4) is 0 Å². The van der Waals surface area contributed by atoms with Gasteiger partial charge in [-0.3, -0.25) is 14.5 Å². The van der Waals surface area contributed by atoms with Gasteiger partial charge < -0.3 is 9.80 Å². The molecule has 5 rings (SSSR count). The molecule has 2 heterocycles. The number of carbonyl (C=O) groups excluding carboxylic acids is 2. The van der Waals surface area contributed by atoms with Crippen molar-refractivity contribution in [2.45, 2.75) is 51.5 Å². The summed E-state index contributed by atoms with van der Waals surface area (Å²) in [7, 11) is 0. The Morgan fingerprint density at radius 3 is 2.47 bits per heavy atom. The van der Waals surface area contributed by atoms with Crippen molar-refractivity contribution >= 4 is 11.8 Å². The Morgan fingerprint density at radius 1 is 1.00 bits per heavy atom. The first-order chi connectivity index (χ1) is 15.5. The van der Waals surface area contributed by atoms with E-state index in [1.807, 2.05) is 15.9 Å². The quantitative estimate of drug-likeness (QED) is 0.720. The van der Waals surface area contributed by atoms with E-state index in [2.05, 4.69) is 11.0 Å². The van der Waals surface area contributed by atoms with Gasteiger partial charge in [0.25, 0.3) is 0 Å². The third kappa shape index (κ3) is 4.47. The van der Waals surface area contributed by atoms with Crippen LogP contribution in [0.2, 0.25) is 0 Å². The van der Waals surface area contributed by atoms with Gasteiger partial charge in [0.15, 0.2) is 0 Å². The normalized spacial score (nSPS) is 25.5. The van der Waals surface area contributed by atoms with E-state index in [4.69, 9.17) is 0 Å². The van der Waals surface area contributed by atoms with Crippen LogP contribution in [0.25, 0.3) is 0 Å². The lowest BCUT2D eigenvalue weighted by Gasteiger charge is -2.37. The highest BCUT2D eigenvalue weighted by atomic mass is 19.1. The summed E-state index contributed by atoms with van der Waals surface area (Å²) in [4.78, 5) is 32.3. The zero-order chi connectivity index (χ0) is 22.1. The third-order valence-corrected chi connectivity index (χ3v) is 8.08. The molecule has 2 aliphatic carbocycles. The van der Waals surface area contributed by atoms with E-state index in [0.29, 0.717) is 5.91 Å². The van der Waals surface area contributed by atoms with Gasteiger partial charge in [-0.05, 0) is 68.1 Å². The summed E-state index contributed by atoms with van der Waals surface area (Å²) in [5.74, 6) is 0.490. The molecule has 5 nitrogen and oxygen atoms in total. The maximum atomic E-state index is 13.4. The second kappa shape index (κ2) is 8.97. The van der Waals surface area contributed by atoms with Crippen LogP contribution in [-0.2, 0) is 16.1 Å². The van der Waals surface area contributed by atoms with Gasteiger partial charge in [0.05, 0.1) is 0 Å². The van der Waals surface area contributed by atoms with E-state index in [1.165, 1.54) is 12.5 Å². The average Bonchev–Trinajstić information content (AvgIpc) is 3.52. The number of amides is 2. The molecule has 4 aliphatic rings. The number of piperazine rings is 1. The molecule has 32 heavy (non-hydrogen) atoms. The zero-order valence-electron chi connectivity index (χ0n) is 18.9. The highest BCUT2D eigenvalue weighted by Crippen LogP contribution is 2.60. The molecule has 0 unspecified atom stereocenters. The van der Waals surface area contributed by atoms with E-state index >= 15 is 0 Å². The molecule has 0 aromatic heterocycles. The molecule has 0 bridgehead atoms. The highest BCUT2D eigenvalue weighted by Gasteiger charge is 2.59. The Balaban J connectivity index is 1.09. The number of benzene rings is 1. The fourth-order valence-electron chi connectivity index (χ4n) is 5.88. The van der Waals surface area contributed by atoms with Gasteiger partial charge in [-0.1, -0.05) is 18.2 Å². The molecule has 1 spiro atoms. The first kappa shape index (κ1) is 21.6. The lowest BCUT2D eigenvalue weighted by molar-refractivity contribution is -0.135. The predicted octanol–water partition coefficient (Wildman–Crippen LogP) is 3.60. The third-order valence-electron chi connectivity index (χ3n) is 8.08. The smallest absolute Gasteiger partial charge is 0.249 e. The van der Waals surface area contributed by atoms with Crippen LogP contribution in [0.1, 0.15) is 50.5 Å². The van der Waals surface area contributed by atoms with E-state index < -0.39 is 0 Å². The van der Waals surface area contributed by atoms with Crippen molar-refractivity contribution in [3.05, 3.63) is 47.3 Å². The zero-order valence-corrected chi connectivity index (χ0v) is 18.9. The lowest BCUT2D eigenvalue weighted by atomic mass is 9.89. The number of hydrogen-bond donors (Lipinski definition) is 0. The number of halogens is 1. The van der Waals surface area contributed by atoms with Crippen LogP contribution in [0.4, 0.5) is 4.39 Å². The fraction of sp³-hybridized carbons (Fsp3) is 0.615. The van der Waals surface area contributed by atoms with E-state index in [0.717, 1.165) is 95.5 Å². The summed E-state index contributed by atoms with van der Waals surface area (Å²) in [6, 6.07) is 6.77. The number of rotatable bonds is 4. The fourth-order valence-corrected chi connectivity index (χ4v) is 5.88. The van der Waals surface area contributed by atoms with Crippen LogP contribution >= 0.6 is 0 Å². The summed E-state index contributed by atoms with van der Waals surface area (Å²) in [5, 5.41) is 0. The average molecular weight is 440 g/mol. The Hall–Kier alpha value is -2.21. The van der Waals surface area contributed by atoms with Crippen LogP contribution < -0.4 is 0 Å². The SMILES string of the molecule is O=C(C1=CCCCC1)N1CCC2(CC1)C[C@@H]2C(=O)N1CCN(Cc2cccc(F)c2)CC1. The lowest BCUT2D eigenvalue weighted by Crippen LogP contribution is -2.49. The number of nitrogens with zero attached hydrogens (tertiary/aromatic N) is 3. The molecule has 0 N–H and O–H groups in total. The van der Waals surface area contributed by atoms with Crippen molar-refractivity contribution in [2.75, 3.05) is 39.3 Å². The van der Waals surface area contributed by atoms with Crippen molar-refractivity contribution in [1.82, 2.24) is 14.7 Å². The van der Waals surface area contributed by atoms with E-state index in [1.54, 1.807) is 12.1 Å². The van der Waals surface area contributed by atoms with Gasteiger partial charge in [-0.15, -0.1) is 0 Å². The molecule has 1 atom stereocenters. The number of likely N-dealkylation sites (tertiary alicyclic amines) is 1. The van der Waals surface area contributed by atoms with Crippen LogP contribution in [0.15, 0.2) is 35.9 Å². The standard InChI is InChI=1S/C26H34FN3O2/c27-22-8-4-5-20(17-22)19-28-13-15-30(16-14-28)25(32)23-18-26(23)9-11-29(12-10-26)24(31)21-6-2-1-3-7-21/h4-6,8,17,23H,1-3,7,9-16,18-19H2/t23-/m1/s1. The number of hydrogen-bond acceptors (Lipinski definition) is 3. The molecule has 3 fully saturated rings. The molecule has 1 saturated carbocycles. The summed E-state index contributed by atoms with van der Waals surface area (Å²) in [5.41, 5.74) is 2.12. The molecular formula is C26H34FN3O2. The molecule has 2 saturated heterocycles. The Kier molecular flexibility index (Phi) is 6.06. The van der Waals surface area contributed by atoms with Crippen LogP contribution in [0, 0.1) is 17.2 Å². The number of allylic oxidation sites excluding steroid dienone is 1. The van der Waals surface area contributed by atoms with Gasteiger partial charge in [-0.25, -0.2) is 4.39 Å². The highest BCUT2D eigenvalue weighted by molar-refractivity contribution is 5.93. The molecule has 172 valence electrons. The van der Waals surface area contributed by atoms with Gasteiger partial charge in [0.2, 0.25) is 11.8 Å². The van der Waals surface area contributed by atoms with Crippen LogP contribution in [0.5, 0.6) is 0 Å². The molecule has 2 aliphatic heterocycles.